The zero-order valence-electron chi connectivity index (χ0n) is 17.2. The van der Waals surface area contributed by atoms with Crippen LogP contribution in [0.2, 0.25) is 0 Å². The molecule has 0 spiro atoms. The minimum atomic E-state index is -0.132. The van der Waals surface area contributed by atoms with Crippen LogP contribution in [0.25, 0.3) is 0 Å². The molecule has 0 atom stereocenters. The first-order valence-electron chi connectivity index (χ1n) is 9.07. The molecule has 1 amide bonds. The van der Waals surface area contributed by atoms with Gasteiger partial charge in [0.15, 0.2) is 5.96 Å². The van der Waals surface area contributed by atoms with Gasteiger partial charge in [0.1, 0.15) is 5.75 Å². The minimum Gasteiger partial charge on any atom is -0.497 e. The van der Waals surface area contributed by atoms with E-state index in [0.29, 0.717) is 36.9 Å². The molecule has 0 fully saturated rings. The number of benzene rings is 2. The molecule has 0 radical (unpaired) electrons. The van der Waals surface area contributed by atoms with Crippen molar-refractivity contribution in [2.24, 2.45) is 4.99 Å². The quantitative estimate of drug-likeness (QED) is 0.161. The molecule has 0 bridgehead atoms. The lowest BCUT2D eigenvalue weighted by Crippen LogP contribution is -2.41. The first kappa shape index (κ1) is 25.1. The van der Waals surface area contributed by atoms with Gasteiger partial charge in [0.2, 0.25) is 0 Å². The van der Waals surface area contributed by atoms with Crippen molar-refractivity contribution in [2.45, 2.75) is 18.4 Å². The van der Waals surface area contributed by atoms with Gasteiger partial charge in [-0.05, 0) is 48.6 Å². The van der Waals surface area contributed by atoms with Gasteiger partial charge in [-0.15, -0.1) is 35.7 Å². The number of aliphatic imine (C=N–C) groups is 1. The fourth-order valence-electron chi connectivity index (χ4n) is 2.62. The molecular formula is C21H29IN4O2S. The number of nitrogens with one attached hydrogen (secondary N) is 3. The van der Waals surface area contributed by atoms with Crippen molar-refractivity contribution in [2.75, 3.05) is 33.5 Å². The molecule has 0 aliphatic heterocycles. The third kappa shape index (κ3) is 8.14. The predicted octanol–water partition coefficient (Wildman–Crippen LogP) is 3.44. The number of amides is 1. The van der Waals surface area contributed by atoms with Crippen molar-refractivity contribution in [1.82, 2.24) is 16.0 Å². The number of methoxy groups -OCH3 is 1. The summed E-state index contributed by atoms with van der Waals surface area (Å²) in [5, 5.41) is 9.41. The third-order valence-electron chi connectivity index (χ3n) is 4.15. The van der Waals surface area contributed by atoms with Crippen LogP contribution in [0.3, 0.4) is 0 Å². The molecule has 0 aliphatic carbocycles. The fourth-order valence-corrected chi connectivity index (χ4v) is 3.33. The van der Waals surface area contributed by atoms with E-state index in [2.05, 4.69) is 52.3 Å². The molecule has 0 aromatic heterocycles. The Bertz CT molecular complexity index is 830. The predicted molar refractivity (Wildman–Crippen MR) is 132 cm³/mol. The number of carbonyl (C=O) groups is 1. The Balaban J connectivity index is 0.00000420. The summed E-state index contributed by atoms with van der Waals surface area (Å²) in [6, 6.07) is 13.5. The highest BCUT2D eigenvalue weighted by Crippen LogP contribution is 2.21. The molecule has 29 heavy (non-hydrogen) atoms. The van der Waals surface area contributed by atoms with Crippen LogP contribution in [0.1, 0.15) is 21.5 Å². The number of guanidine groups is 1. The molecule has 2 aromatic rings. The zero-order chi connectivity index (χ0) is 20.4. The second-order valence-electron chi connectivity index (χ2n) is 6.16. The van der Waals surface area contributed by atoms with E-state index < -0.39 is 0 Å². The molecule has 2 aromatic carbocycles. The van der Waals surface area contributed by atoms with Crippen LogP contribution in [0.4, 0.5) is 0 Å². The van der Waals surface area contributed by atoms with Crippen molar-refractivity contribution < 1.29 is 9.53 Å². The van der Waals surface area contributed by atoms with Crippen LogP contribution in [-0.4, -0.2) is 45.4 Å². The maximum absolute atomic E-state index is 12.2. The summed E-state index contributed by atoms with van der Waals surface area (Å²) in [5.41, 5.74) is 3.06. The normalized spacial score (nSPS) is 10.7. The van der Waals surface area contributed by atoms with E-state index in [0.717, 1.165) is 0 Å². The maximum Gasteiger partial charge on any atom is 0.251 e. The average molecular weight is 528 g/mol. The van der Waals surface area contributed by atoms with E-state index >= 15 is 0 Å². The van der Waals surface area contributed by atoms with Gasteiger partial charge in [-0.25, -0.2) is 0 Å². The molecule has 3 N–H and O–H groups in total. The van der Waals surface area contributed by atoms with Crippen molar-refractivity contribution in [1.29, 1.82) is 0 Å². The number of hydrogen-bond acceptors (Lipinski definition) is 4. The largest absolute Gasteiger partial charge is 0.497 e. The van der Waals surface area contributed by atoms with E-state index in [4.69, 9.17) is 4.74 Å². The van der Waals surface area contributed by atoms with Crippen LogP contribution in [-0.2, 0) is 6.54 Å². The lowest BCUT2D eigenvalue weighted by atomic mass is 10.1. The van der Waals surface area contributed by atoms with Crippen molar-refractivity contribution in [3.05, 3.63) is 59.2 Å². The number of nitrogens with zero attached hydrogens (tertiary/aromatic N) is 1. The smallest absolute Gasteiger partial charge is 0.251 e. The Morgan fingerprint density at radius 3 is 2.55 bits per heavy atom. The average Bonchev–Trinajstić information content (AvgIpc) is 2.73. The summed E-state index contributed by atoms with van der Waals surface area (Å²) in [4.78, 5) is 17.7. The zero-order valence-corrected chi connectivity index (χ0v) is 20.4. The number of thioether (sulfide) groups is 1. The Labute approximate surface area is 194 Å². The molecule has 0 saturated heterocycles. The number of rotatable bonds is 8. The highest BCUT2D eigenvalue weighted by atomic mass is 127. The highest BCUT2D eigenvalue weighted by molar-refractivity contribution is 14.0. The molecule has 158 valence electrons. The number of ether oxygens (including phenoxy) is 1. The molecular weight excluding hydrogens is 499 g/mol. The van der Waals surface area contributed by atoms with Gasteiger partial charge in [-0.3, -0.25) is 9.79 Å². The number of carbonyl (C=O) groups excluding carboxylic acids is 1. The van der Waals surface area contributed by atoms with Gasteiger partial charge in [-0.1, -0.05) is 18.2 Å². The Morgan fingerprint density at radius 1 is 1.10 bits per heavy atom. The monoisotopic (exact) mass is 528 g/mol. The standard InChI is InChI=1S/C21H28N4O2S.HI/c1-15-8-9-17(19(12-15)28-4)14-25-21(22-2)24-11-10-23-20(26)16-6-5-7-18(13-16)27-3;/h5-9,12-13H,10-11,14H2,1-4H3,(H,23,26)(H2,22,24,25);1H. The molecule has 6 nitrogen and oxygen atoms in total. The summed E-state index contributed by atoms with van der Waals surface area (Å²) in [6.07, 6.45) is 2.08. The molecule has 8 heteroatoms. The van der Waals surface area contributed by atoms with Crippen LogP contribution < -0.4 is 20.7 Å². The minimum absolute atomic E-state index is 0. The van der Waals surface area contributed by atoms with E-state index in [1.165, 1.54) is 16.0 Å². The Kier molecular flexibility index (Phi) is 11.5. The molecule has 0 saturated carbocycles. The topological polar surface area (TPSA) is 74.8 Å². The first-order valence-corrected chi connectivity index (χ1v) is 10.3. The van der Waals surface area contributed by atoms with Crippen LogP contribution >= 0.6 is 35.7 Å². The SMILES string of the molecule is CN=C(NCCNC(=O)c1cccc(OC)c1)NCc1ccc(C)cc1SC.I. The number of halogens is 1. The van der Waals surface area contributed by atoms with Crippen molar-refractivity contribution in [3.8, 4) is 5.75 Å². The second kappa shape index (κ2) is 13.3. The number of hydrogen-bond donors (Lipinski definition) is 3. The van der Waals surface area contributed by atoms with E-state index in [1.807, 2.05) is 6.07 Å². The van der Waals surface area contributed by atoms with Gasteiger partial charge in [-0.2, -0.15) is 0 Å². The highest BCUT2D eigenvalue weighted by Gasteiger charge is 2.07. The third-order valence-corrected chi connectivity index (χ3v) is 4.97. The van der Waals surface area contributed by atoms with Crippen LogP contribution in [0.15, 0.2) is 52.4 Å². The van der Waals surface area contributed by atoms with E-state index in [1.54, 1.807) is 44.1 Å². The van der Waals surface area contributed by atoms with Gasteiger partial charge < -0.3 is 20.7 Å². The maximum atomic E-state index is 12.2. The van der Waals surface area contributed by atoms with Gasteiger partial charge in [0.05, 0.1) is 7.11 Å². The fraction of sp³-hybridized carbons (Fsp3) is 0.333. The summed E-state index contributed by atoms with van der Waals surface area (Å²) in [6.45, 7) is 3.83. The molecule has 2 rings (SSSR count). The molecule has 0 heterocycles. The van der Waals surface area contributed by atoms with Crippen molar-refractivity contribution >= 4 is 47.6 Å². The summed E-state index contributed by atoms with van der Waals surface area (Å²) in [7, 11) is 3.31. The Hall–Kier alpha value is -1.94. The molecule has 0 aliphatic rings. The van der Waals surface area contributed by atoms with Gasteiger partial charge in [0.25, 0.3) is 5.91 Å². The first-order chi connectivity index (χ1) is 13.6. The van der Waals surface area contributed by atoms with Crippen molar-refractivity contribution in [3.63, 3.8) is 0 Å². The summed E-state index contributed by atoms with van der Waals surface area (Å²) < 4.78 is 5.15. The van der Waals surface area contributed by atoms with Gasteiger partial charge in [0, 0.05) is 37.1 Å². The van der Waals surface area contributed by atoms with Crippen LogP contribution in [0.5, 0.6) is 5.75 Å². The lowest BCUT2D eigenvalue weighted by molar-refractivity contribution is 0.0954. The Morgan fingerprint density at radius 2 is 1.86 bits per heavy atom. The number of aryl methyl sites for hydroxylation is 1. The van der Waals surface area contributed by atoms with E-state index in [-0.39, 0.29) is 29.9 Å². The van der Waals surface area contributed by atoms with E-state index in [9.17, 15) is 4.79 Å². The summed E-state index contributed by atoms with van der Waals surface area (Å²) >= 11 is 1.74. The second-order valence-corrected chi connectivity index (χ2v) is 7.00. The van der Waals surface area contributed by atoms with Gasteiger partial charge >= 0.3 is 0 Å². The lowest BCUT2D eigenvalue weighted by Gasteiger charge is -2.14. The molecule has 0 unspecified atom stereocenters. The van der Waals surface area contributed by atoms with Crippen LogP contribution in [0, 0.1) is 6.92 Å². The summed E-state index contributed by atoms with van der Waals surface area (Å²) in [5.74, 6) is 1.23.